The van der Waals surface area contributed by atoms with Crippen LogP contribution in [0.4, 0.5) is 5.69 Å². The Morgan fingerprint density at radius 2 is 2.17 bits per heavy atom. The van der Waals surface area contributed by atoms with Gasteiger partial charge in [0.05, 0.1) is 19.4 Å². The first-order valence-electron chi connectivity index (χ1n) is 8.07. The molecule has 1 aromatic heterocycles. The lowest BCUT2D eigenvalue weighted by atomic mass is 9.99. The number of rotatable bonds is 3. The Morgan fingerprint density at radius 1 is 1.33 bits per heavy atom. The number of aryl methyl sites for hydroxylation is 2. The van der Waals surface area contributed by atoms with E-state index >= 15 is 0 Å². The maximum Gasteiger partial charge on any atom is 0.358 e. The number of methoxy groups -OCH3 is 1. The minimum Gasteiger partial charge on any atom is -0.464 e. The maximum absolute atomic E-state index is 12.0. The van der Waals surface area contributed by atoms with E-state index in [0.29, 0.717) is 18.8 Å². The number of hydrogen-bond acceptors (Lipinski definition) is 5. The number of nitrogens with zero attached hydrogens (tertiary/aromatic N) is 2. The molecule has 3 rings (SSSR count). The molecule has 0 spiro atoms. The van der Waals surface area contributed by atoms with E-state index in [9.17, 15) is 4.79 Å². The number of hydrogen-bond donors (Lipinski definition) is 0. The Morgan fingerprint density at radius 3 is 2.92 bits per heavy atom. The van der Waals surface area contributed by atoms with Gasteiger partial charge in [-0.3, -0.25) is 0 Å². The number of benzene rings is 1. The first kappa shape index (κ1) is 16.5. The molecular formula is C19H22N2O3. The Labute approximate surface area is 142 Å². The molecule has 0 unspecified atom stereocenters. The molecule has 2 aromatic rings. The fraction of sp³-hybridized carbons (Fsp3) is 0.368. The number of pyridine rings is 1. The molecular weight excluding hydrogens is 304 g/mol. The highest BCUT2D eigenvalue weighted by Gasteiger charge is 2.26. The summed E-state index contributed by atoms with van der Waals surface area (Å²) in [6, 6.07) is 10.1. The van der Waals surface area contributed by atoms with Crippen LogP contribution in [0.5, 0.6) is 0 Å². The van der Waals surface area contributed by atoms with Gasteiger partial charge >= 0.3 is 5.97 Å². The molecule has 5 nitrogen and oxygen atoms in total. The van der Waals surface area contributed by atoms with Gasteiger partial charge in [0.1, 0.15) is 6.10 Å². The Bertz CT molecular complexity index is 745. The molecule has 0 amide bonds. The number of anilines is 1. The van der Waals surface area contributed by atoms with E-state index < -0.39 is 5.97 Å². The van der Waals surface area contributed by atoms with Crippen molar-refractivity contribution in [1.82, 2.24) is 4.98 Å². The molecule has 126 valence electrons. The van der Waals surface area contributed by atoms with Gasteiger partial charge in [0.2, 0.25) is 0 Å². The molecule has 1 atom stereocenters. The Kier molecular flexibility index (Phi) is 4.81. The van der Waals surface area contributed by atoms with Crippen molar-refractivity contribution in [3.63, 3.8) is 0 Å². The SMILES string of the molecule is COC(=O)c1ncccc1N1CCO[C@H](c2ccc(C)cc2C)C1. The third kappa shape index (κ3) is 3.26. The lowest BCUT2D eigenvalue weighted by molar-refractivity contribution is 0.0390. The van der Waals surface area contributed by atoms with Crippen molar-refractivity contribution in [2.24, 2.45) is 0 Å². The second-order valence-electron chi connectivity index (χ2n) is 6.03. The molecule has 2 heterocycles. The summed E-state index contributed by atoms with van der Waals surface area (Å²) < 4.78 is 10.8. The third-order valence-electron chi connectivity index (χ3n) is 4.34. The zero-order valence-corrected chi connectivity index (χ0v) is 14.3. The normalized spacial score (nSPS) is 17.6. The molecule has 1 aliphatic rings. The van der Waals surface area contributed by atoms with E-state index in [4.69, 9.17) is 9.47 Å². The molecule has 1 aliphatic heterocycles. The van der Waals surface area contributed by atoms with Crippen molar-refractivity contribution in [2.75, 3.05) is 31.7 Å². The number of esters is 1. The highest BCUT2D eigenvalue weighted by molar-refractivity contribution is 5.93. The first-order chi connectivity index (χ1) is 11.6. The average Bonchev–Trinajstić information content (AvgIpc) is 2.61. The maximum atomic E-state index is 12.0. The topological polar surface area (TPSA) is 51.7 Å². The van der Waals surface area contributed by atoms with Crippen LogP contribution in [0.3, 0.4) is 0 Å². The fourth-order valence-corrected chi connectivity index (χ4v) is 3.15. The molecule has 24 heavy (non-hydrogen) atoms. The van der Waals surface area contributed by atoms with Gasteiger partial charge in [0.15, 0.2) is 5.69 Å². The van der Waals surface area contributed by atoms with Crippen molar-refractivity contribution in [1.29, 1.82) is 0 Å². The van der Waals surface area contributed by atoms with E-state index in [1.165, 1.54) is 23.8 Å². The highest BCUT2D eigenvalue weighted by atomic mass is 16.5. The van der Waals surface area contributed by atoms with E-state index in [2.05, 4.69) is 41.9 Å². The number of aromatic nitrogens is 1. The predicted octanol–water partition coefficient (Wildman–Crippen LogP) is 3.06. The summed E-state index contributed by atoms with van der Waals surface area (Å²) in [6.07, 6.45) is 1.59. The van der Waals surface area contributed by atoms with E-state index in [1.807, 2.05) is 12.1 Å². The van der Waals surface area contributed by atoms with Crippen LogP contribution in [0, 0.1) is 13.8 Å². The summed E-state index contributed by atoms with van der Waals surface area (Å²) >= 11 is 0. The molecule has 0 N–H and O–H groups in total. The second-order valence-corrected chi connectivity index (χ2v) is 6.03. The second kappa shape index (κ2) is 7.01. The van der Waals surface area contributed by atoms with Crippen molar-refractivity contribution in [3.05, 3.63) is 58.9 Å². The molecule has 5 heteroatoms. The summed E-state index contributed by atoms with van der Waals surface area (Å²) in [4.78, 5) is 18.3. The van der Waals surface area contributed by atoms with E-state index in [0.717, 1.165) is 12.2 Å². The Hall–Kier alpha value is -2.40. The van der Waals surface area contributed by atoms with Crippen LogP contribution in [0.1, 0.15) is 33.3 Å². The predicted molar refractivity (Wildman–Crippen MR) is 92.4 cm³/mol. The van der Waals surface area contributed by atoms with Crippen LogP contribution in [0.15, 0.2) is 36.5 Å². The van der Waals surface area contributed by atoms with Gasteiger partial charge in [-0.05, 0) is 37.1 Å². The smallest absolute Gasteiger partial charge is 0.358 e. The quantitative estimate of drug-likeness (QED) is 0.812. The monoisotopic (exact) mass is 326 g/mol. The number of morpholine rings is 1. The zero-order chi connectivity index (χ0) is 17.1. The van der Waals surface area contributed by atoms with E-state index in [1.54, 1.807) is 6.20 Å². The molecule has 1 aromatic carbocycles. The summed E-state index contributed by atoms with van der Waals surface area (Å²) in [6.45, 7) is 6.20. The lowest BCUT2D eigenvalue weighted by Gasteiger charge is -2.35. The van der Waals surface area contributed by atoms with Gasteiger partial charge in [-0.1, -0.05) is 23.8 Å². The fourth-order valence-electron chi connectivity index (χ4n) is 3.15. The molecule has 0 bridgehead atoms. The minimum atomic E-state index is -0.417. The first-order valence-corrected chi connectivity index (χ1v) is 8.07. The average molecular weight is 326 g/mol. The van der Waals surface area contributed by atoms with E-state index in [-0.39, 0.29) is 6.10 Å². The Balaban J connectivity index is 1.88. The molecule has 0 radical (unpaired) electrons. The van der Waals surface area contributed by atoms with Gasteiger partial charge < -0.3 is 14.4 Å². The number of carbonyl (C=O) groups excluding carboxylic acids is 1. The summed E-state index contributed by atoms with van der Waals surface area (Å²) in [5.74, 6) is -0.417. The standard InChI is InChI=1S/C19H22N2O3/c1-13-6-7-15(14(2)11-13)17-12-21(9-10-24-17)16-5-4-8-20-18(16)19(22)23-3/h4-8,11,17H,9-10,12H2,1-3H3/t17-/m0/s1. The van der Waals surface area contributed by atoms with Crippen LogP contribution >= 0.6 is 0 Å². The highest BCUT2D eigenvalue weighted by Crippen LogP contribution is 2.29. The van der Waals surface area contributed by atoms with Gasteiger partial charge in [0.25, 0.3) is 0 Å². The molecule has 0 saturated carbocycles. The summed E-state index contributed by atoms with van der Waals surface area (Å²) in [5, 5.41) is 0. The number of carbonyl (C=O) groups is 1. The minimum absolute atomic E-state index is 0.0231. The third-order valence-corrected chi connectivity index (χ3v) is 4.34. The van der Waals surface area contributed by atoms with Gasteiger partial charge in [-0.25, -0.2) is 9.78 Å². The molecule has 1 saturated heterocycles. The van der Waals surface area contributed by atoms with Crippen molar-refractivity contribution in [3.8, 4) is 0 Å². The van der Waals surface area contributed by atoms with Crippen molar-refractivity contribution < 1.29 is 14.3 Å². The van der Waals surface area contributed by atoms with Crippen LogP contribution < -0.4 is 4.90 Å². The van der Waals surface area contributed by atoms with Gasteiger partial charge in [-0.2, -0.15) is 0 Å². The lowest BCUT2D eigenvalue weighted by Crippen LogP contribution is -2.39. The van der Waals surface area contributed by atoms with Gasteiger partial charge in [0, 0.05) is 19.3 Å². The van der Waals surface area contributed by atoms with Crippen LogP contribution in [-0.2, 0) is 9.47 Å². The van der Waals surface area contributed by atoms with Crippen LogP contribution in [0.25, 0.3) is 0 Å². The number of ether oxygens (including phenoxy) is 2. The zero-order valence-electron chi connectivity index (χ0n) is 14.3. The van der Waals surface area contributed by atoms with Gasteiger partial charge in [-0.15, -0.1) is 0 Å². The molecule has 1 fully saturated rings. The van der Waals surface area contributed by atoms with Crippen LogP contribution in [-0.4, -0.2) is 37.8 Å². The van der Waals surface area contributed by atoms with Crippen molar-refractivity contribution in [2.45, 2.75) is 20.0 Å². The summed E-state index contributed by atoms with van der Waals surface area (Å²) in [5.41, 5.74) is 4.79. The van der Waals surface area contributed by atoms with Crippen molar-refractivity contribution >= 4 is 11.7 Å². The molecule has 0 aliphatic carbocycles. The largest absolute Gasteiger partial charge is 0.464 e. The summed E-state index contributed by atoms with van der Waals surface area (Å²) in [7, 11) is 1.37. The van der Waals surface area contributed by atoms with Crippen LogP contribution in [0.2, 0.25) is 0 Å².